The van der Waals surface area contributed by atoms with Crippen molar-refractivity contribution in [2.24, 2.45) is 21.8 Å². The van der Waals surface area contributed by atoms with Crippen LogP contribution in [-0.2, 0) is 0 Å². The minimum absolute atomic E-state index is 0.164. The summed E-state index contributed by atoms with van der Waals surface area (Å²) in [5.74, 6) is 0.164. The van der Waals surface area contributed by atoms with Gasteiger partial charge < -0.3 is 16.7 Å². The highest BCUT2D eigenvalue weighted by Crippen LogP contribution is 1.58. The molecule has 0 fully saturated rings. The maximum atomic E-state index is 8.11. The third-order valence-electron chi connectivity index (χ3n) is 0.341. The molecule has 0 atom stereocenters. The zero-order chi connectivity index (χ0) is 7.70. The molecule has 0 bridgehead atoms. The zero-order valence-electron chi connectivity index (χ0n) is 5.11. The molecular formula is C3H10N4O2. The molecule has 0 spiro atoms. The molecule has 0 aliphatic heterocycles. The first-order valence-electron chi connectivity index (χ1n) is 2.21. The van der Waals surface area contributed by atoms with Gasteiger partial charge in [0, 0.05) is 6.54 Å². The molecule has 0 radical (unpaired) electrons. The molecule has 0 aromatic carbocycles. The number of hydrogen-bond donors (Lipinski definition) is 3. The van der Waals surface area contributed by atoms with Crippen LogP contribution >= 0.6 is 0 Å². The lowest BCUT2D eigenvalue weighted by atomic mass is 10.8. The normalized spacial score (nSPS) is 6.33. The minimum Gasteiger partial charge on any atom is -0.379 e. The lowest BCUT2D eigenvalue weighted by molar-refractivity contribution is 0.312. The summed E-state index contributed by atoms with van der Waals surface area (Å²) in [5.41, 5.74) is 9.86. The Morgan fingerprint density at radius 2 is 2.00 bits per heavy atom. The van der Waals surface area contributed by atoms with E-state index in [2.05, 4.69) is 4.99 Å². The predicted molar refractivity (Wildman–Crippen MR) is 33.9 cm³/mol. The van der Waals surface area contributed by atoms with Gasteiger partial charge in [0.05, 0.1) is 0 Å². The second-order valence-corrected chi connectivity index (χ2v) is 0.981. The van der Waals surface area contributed by atoms with E-state index in [1.54, 1.807) is 0 Å². The summed E-state index contributed by atoms with van der Waals surface area (Å²) in [6, 6.07) is 0. The molecule has 0 rings (SSSR count). The summed E-state index contributed by atoms with van der Waals surface area (Å²) in [6.07, 6.45) is 0. The highest BCUT2D eigenvalue weighted by atomic mass is 16.6. The molecule has 6 heteroatoms. The van der Waals surface area contributed by atoms with Gasteiger partial charge in [0.1, 0.15) is 0 Å². The quantitative estimate of drug-likeness (QED) is 0.192. The molecule has 0 aromatic heterocycles. The first kappa shape index (κ1) is 10.6. The predicted octanol–water partition coefficient (Wildman–Crippen LogP) is -0.578. The maximum Gasteiger partial charge on any atom is 0.185 e. The highest BCUT2D eigenvalue weighted by Gasteiger charge is 1.68. The molecule has 6 nitrogen and oxygen atoms in total. The van der Waals surface area contributed by atoms with Gasteiger partial charge in [-0.25, -0.2) is 0 Å². The van der Waals surface area contributed by atoms with E-state index in [1.807, 2.05) is 6.92 Å². The lowest BCUT2D eigenvalue weighted by Crippen LogP contribution is -2.22. The van der Waals surface area contributed by atoms with Crippen molar-refractivity contribution in [3.05, 3.63) is 4.91 Å². The molecule has 0 saturated carbocycles. The molecule has 0 aliphatic carbocycles. The highest BCUT2D eigenvalue weighted by molar-refractivity contribution is 5.75. The first-order valence-corrected chi connectivity index (χ1v) is 2.21. The Hall–Kier alpha value is -1.33. The van der Waals surface area contributed by atoms with Crippen LogP contribution in [0.2, 0.25) is 0 Å². The number of aliphatic imine (C=N–C) groups is 1. The van der Waals surface area contributed by atoms with Gasteiger partial charge in [-0.05, 0) is 6.92 Å². The summed E-state index contributed by atoms with van der Waals surface area (Å²) in [5, 5.41) is 7.89. The van der Waals surface area contributed by atoms with E-state index < -0.39 is 0 Å². The van der Waals surface area contributed by atoms with E-state index in [1.165, 1.54) is 5.34 Å². The van der Waals surface area contributed by atoms with E-state index in [-0.39, 0.29) is 5.96 Å². The smallest absolute Gasteiger partial charge is 0.185 e. The standard InChI is InChI=1S/C3H9N3.HNO2/c1-2-6-3(4)5;2-1-3/h2H2,1H3,(H4,4,5,6);(H,2,3). The molecule has 5 N–H and O–H groups in total. The summed E-state index contributed by atoms with van der Waals surface area (Å²) >= 11 is 0. The van der Waals surface area contributed by atoms with E-state index in [4.69, 9.17) is 21.6 Å². The van der Waals surface area contributed by atoms with Crippen LogP contribution in [0.1, 0.15) is 6.92 Å². The Balaban J connectivity index is 0. The Kier molecular flexibility index (Phi) is 11.6. The molecule has 0 unspecified atom stereocenters. The third-order valence-corrected chi connectivity index (χ3v) is 0.341. The van der Waals surface area contributed by atoms with Gasteiger partial charge in [-0.15, -0.1) is 4.91 Å². The van der Waals surface area contributed by atoms with E-state index in [0.29, 0.717) is 6.54 Å². The molecule has 0 aromatic rings. The number of nitrogens with zero attached hydrogens (tertiary/aromatic N) is 2. The van der Waals surface area contributed by atoms with Crippen molar-refractivity contribution in [2.45, 2.75) is 6.92 Å². The fourth-order valence-electron chi connectivity index (χ4n) is 0.183. The number of hydrogen-bond acceptors (Lipinski definition) is 3. The lowest BCUT2D eigenvalue weighted by Gasteiger charge is -1.82. The monoisotopic (exact) mass is 134 g/mol. The van der Waals surface area contributed by atoms with Gasteiger partial charge in [-0.2, -0.15) is 0 Å². The van der Waals surface area contributed by atoms with Gasteiger partial charge in [-0.1, -0.05) is 0 Å². The second kappa shape index (κ2) is 9.83. The van der Waals surface area contributed by atoms with Crippen molar-refractivity contribution >= 4 is 5.96 Å². The molecular weight excluding hydrogens is 124 g/mol. The Labute approximate surface area is 52.5 Å². The molecule has 0 aliphatic rings. The van der Waals surface area contributed by atoms with Crippen LogP contribution < -0.4 is 11.5 Å². The van der Waals surface area contributed by atoms with Gasteiger partial charge in [0.25, 0.3) is 0 Å². The number of rotatable bonds is 1. The van der Waals surface area contributed by atoms with Crippen LogP contribution in [0.3, 0.4) is 0 Å². The van der Waals surface area contributed by atoms with Crippen molar-refractivity contribution in [1.29, 1.82) is 0 Å². The summed E-state index contributed by atoms with van der Waals surface area (Å²) < 4.78 is 0. The topological polar surface area (TPSA) is 114 Å². The van der Waals surface area contributed by atoms with Crippen LogP contribution in [0.5, 0.6) is 0 Å². The maximum absolute atomic E-state index is 8.11. The summed E-state index contributed by atoms with van der Waals surface area (Å²) in [7, 11) is 0. The van der Waals surface area contributed by atoms with E-state index in [0.717, 1.165) is 0 Å². The average molecular weight is 134 g/mol. The van der Waals surface area contributed by atoms with Gasteiger partial charge in [0.15, 0.2) is 11.3 Å². The molecule has 0 saturated heterocycles. The fourth-order valence-corrected chi connectivity index (χ4v) is 0.183. The van der Waals surface area contributed by atoms with Crippen LogP contribution in [0, 0.1) is 4.91 Å². The Bertz CT molecular complexity index is 87.8. The molecule has 0 amide bonds. The summed E-state index contributed by atoms with van der Waals surface area (Å²) in [4.78, 5) is 11.7. The molecule has 0 heterocycles. The van der Waals surface area contributed by atoms with Gasteiger partial charge >= 0.3 is 0 Å². The van der Waals surface area contributed by atoms with Crippen molar-refractivity contribution in [3.63, 3.8) is 0 Å². The number of guanidine groups is 1. The summed E-state index contributed by atoms with van der Waals surface area (Å²) in [6.45, 7) is 2.54. The van der Waals surface area contributed by atoms with Crippen LogP contribution in [0.25, 0.3) is 0 Å². The van der Waals surface area contributed by atoms with Crippen molar-refractivity contribution in [1.82, 2.24) is 0 Å². The van der Waals surface area contributed by atoms with Crippen LogP contribution in [0.4, 0.5) is 0 Å². The zero-order valence-corrected chi connectivity index (χ0v) is 5.11. The van der Waals surface area contributed by atoms with Crippen molar-refractivity contribution in [3.8, 4) is 0 Å². The van der Waals surface area contributed by atoms with E-state index in [9.17, 15) is 0 Å². The number of nitrogens with two attached hydrogens (primary N) is 2. The fraction of sp³-hybridized carbons (Fsp3) is 0.667. The second-order valence-electron chi connectivity index (χ2n) is 0.981. The first-order chi connectivity index (χ1) is 4.18. The SMILES string of the molecule is CCN=C(N)N.O=NO. The van der Waals surface area contributed by atoms with E-state index >= 15 is 0 Å². The Morgan fingerprint density at radius 3 is 2.00 bits per heavy atom. The largest absolute Gasteiger partial charge is 0.379 e. The Morgan fingerprint density at radius 1 is 1.67 bits per heavy atom. The third kappa shape index (κ3) is 52.2. The van der Waals surface area contributed by atoms with Crippen molar-refractivity contribution < 1.29 is 5.21 Å². The molecule has 54 valence electrons. The molecule has 9 heavy (non-hydrogen) atoms. The van der Waals surface area contributed by atoms with Crippen LogP contribution in [0.15, 0.2) is 10.3 Å². The van der Waals surface area contributed by atoms with Crippen molar-refractivity contribution in [2.75, 3.05) is 6.54 Å². The minimum atomic E-state index is 0.164. The average Bonchev–Trinajstić information content (AvgIpc) is 1.67. The van der Waals surface area contributed by atoms with Crippen LogP contribution in [-0.4, -0.2) is 17.7 Å². The van der Waals surface area contributed by atoms with Gasteiger partial charge in [-0.3, -0.25) is 4.99 Å². The van der Waals surface area contributed by atoms with Gasteiger partial charge in [0.2, 0.25) is 0 Å².